The van der Waals surface area contributed by atoms with Crippen LogP contribution in [0.1, 0.15) is 68.0 Å². The molecule has 1 N–H and O–H groups in total. The number of halogens is 3. The van der Waals surface area contributed by atoms with Gasteiger partial charge in [-0.2, -0.15) is 18.3 Å². The molecule has 2 aliphatic rings. The summed E-state index contributed by atoms with van der Waals surface area (Å²) in [6.45, 7) is 6.94. The van der Waals surface area contributed by atoms with E-state index in [2.05, 4.69) is 15.4 Å². The smallest absolute Gasteiger partial charge is 0.367 e. The Balaban J connectivity index is 1.50. The Bertz CT molecular complexity index is 927. The van der Waals surface area contributed by atoms with Gasteiger partial charge >= 0.3 is 6.18 Å². The zero-order chi connectivity index (χ0) is 22.4. The van der Waals surface area contributed by atoms with Gasteiger partial charge in [0.1, 0.15) is 5.82 Å². The van der Waals surface area contributed by atoms with Gasteiger partial charge in [0.05, 0.1) is 5.69 Å². The molecule has 0 bridgehead atoms. The number of carbonyl (C=O) groups excluding carboxylic acids is 1. The van der Waals surface area contributed by atoms with Crippen LogP contribution in [0, 0.1) is 5.41 Å². The third kappa shape index (κ3) is 4.41. The molecule has 9 heteroatoms. The van der Waals surface area contributed by atoms with E-state index in [1.165, 1.54) is 0 Å². The van der Waals surface area contributed by atoms with Crippen LogP contribution in [-0.2, 0) is 0 Å². The summed E-state index contributed by atoms with van der Waals surface area (Å²) in [7, 11) is 0. The number of pyridine rings is 1. The molecule has 4 rings (SSSR count). The number of carbonyl (C=O) groups is 1. The third-order valence-electron chi connectivity index (χ3n) is 6.38. The molecule has 0 unspecified atom stereocenters. The maximum atomic E-state index is 13.8. The fourth-order valence-electron chi connectivity index (χ4n) is 4.42. The summed E-state index contributed by atoms with van der Waals surface area (Å²) in [6, 6.07) is 3.21. The Morgan fingerprint density at radius 2 is 1.77 bits per heavy atom. The van der Waals surface area contributed by atoms with Crippen LogP contribution in [0.3, 0.4) is 0 Å². The molecule has 0 saturated carbocycles. The minimum absolute atomic E-state index is 0.0309. The van der Waals surface area contributed by atoms with E-state index < -0.39 is 12.2 Å². The summed E-state index contributed by atoms with van der Waals surface area (Å²) >= 11 is 0. The van der Waals surface area contributed by atoms with Crippen LogP contribution < -0.4 is 5.32 Å². The van der Waals surface area contributed by atoms with Gasteiger partial charge in [-0.1, -0.05) is 20.8 Å². The third-order valence-corrected chi connectivity index (χ3v) is 6.38. The molecule has 6 nitrogen and oxygen atoms in total. The average molecular weight is 435 g/mol. The second-order valence-corrected chi connectivity index (χ2v) is 9.56. The van der Waals surface area contributed by atoms with Gasteiger partial charge in [-0.05, 0) is 36.8 Å². The van der Waals surface area contributed by atoms with Crippen molar-refractivity contribution in [2.75, 3.05) is 18.4 Å². The van der Waals surface area contributed by atoms with Crippen LogP contribution in [0.2, 0.25) is 0 Å². The van der Waals surface area contributed by atoms with E-state index in [0.717, 1.165) is 4.68 Å². The van der Waals surface area contributed by atoms with Crippen LogP contribution in [0.25, 0.3) is 0 Å². The largest absolute Gasteiger partial charge is 0.410 e. The van der Waals surface area contributed by atoms with Crippen molar-refractivity contribution in [1.82, 2.24) is 19.7 Å². The molecular weight excluding hydrogens is 407 g/mol. The van der Waals surface area contributed by atoms with Crippen LogP contribution in [0.5, 0.6) is 0 Å². The lowest BCUT2D eigenvalue weighted by Gasteiger charge is -2.39. The van der Waals surface area contributed by atoms with Gasteiger partial charge in [-0.3, -0.25) is 9.78 Å². The molecule has 168 valence electrons. The van der Waals surface area contributed by atoms with E-state index in [1.807, 2.05) is 20.8 Å². The molecule has 4 heterocycles. The van der Waals surface area contributed by atoms with Gasteiger partial charge in [-0.15, -0.1) is 0 Å². The zero-order valence-corrected chi connectivity index (χ0v) is 18.0. The second kappa shape index (κ2) is 7.84. The predicted molar refractivity (Wildman–Crippen MR) is 111 cm³/mol. The van der Waals surface area contributed by atoms with Crippen molar-refractivity contribution in [2.24, 2.45) is 5.41 Å². The predicted octanol–water partition coefficient (Wildman–Crippen LogP) is 4.63. The summed E-state index contributed by atoms with van der Waals surface area (Å²) in [4.78, 5) is 18.3. The standard InChI is InChI=1S/C22H28F3N5O/c1-21(2,3)17-13-18(22(23,24)25)30-19(27-17)12-16(28-30)14-6-10-29(11-7-14)20(31)15-4-8-26-9-5-15/h4-5,8-9,12,14,17-18,27H,6-7,10-11,13H2,1-3H3/t17-,18+/m0/s1. The molecule has 2 atom stereocenters. The molecule has 1 saturated heterocycles. The van der Waals surface area contributed by atoms with Crippen molar-refractivity contribution in [1.29, 1.82) is 0 Å². The number of alkyl halides is 3. The minimum atomic E-state index is -4.36. The number of rotatable bonds is 2. The lowest BCUT2D eigenvalue weighted by molar-refractivity contribution is -0.175. The number of nitrogens with zero attached hydrogens (tertiary/aromatic N) is 4. The second-order valence-electron chi connectivity index (χ2n) is 9.56. The van der Waals surface area contributed by atoms with E-state index in [0.29, 0.717) is 43.0 Å². The van der Waals surface area contributed by atoms with Gasteiger partial charge in [0, 0.05) is 49.1 Å². The molecule has 31 heavy (non-hydrogen) atoms. The molecule has 1 fully saturated rings. The van der Waals surface area contributed by atoms with Crippen molar-refractivity contribution in [3.8, 4) is 0 Å². The zero-order valence-electron chi connectivity index (χ0n) is 18.0. The van der Waals surface area contributed by atoms with Gasteiger partial charge in [-0.25, -0.2) is 4.68 Å². The van der Waals surface area contributed by atoms with Crippen molar-refractivity contribution >= 4 is 11.7 Å². The highest BCUT2D eigenvalue weighted by atomic mass is 19.4. The highest BCUT2D eigenvalue weighted by molar-refractivity contribution is 5.94. The number of aromatic nitrogens is 3. The first-order valence-electron chi connectivity index (χ1n) is 10.7. The monoisotopic (exact) mass is 435 g/mol. The number of piperidine rings is 1. The van der Waals surface area contributed by atoms with Crippen molar-refractivity contribution in [3.63, 3.8) is 0 Å². The number of likely N-dealkylation sites (tertiary alicyclic amines) is 1. The Morgan fingerprint density at radius 1 is 1.13 bits per heavy atom. The molecule has 0 spiro atoms. The number of hydrogen-bond acceptors (Lipinski definition) is 4. The van der Waals surface area contributed by atoms with E-state index in [4.69, 9.17) is 0 Å². The first-order valence-corrected chi connectivity index (χ1v) is 10.7. The summed E-state index contributed by atoms with van der Waals surface area (Å²) in [5.41, 5.74) is 0.955. The molecule has 0 radical (unpaired) electrons. The quantitative estimate of drug-likeness (QED) is 0.747. The molecule has 2 aromatic rings. The number of anilines is 1. The topological polar surface area (TPSA) is 63.1 Å². The summed E-state index contributed by atoms with van der Waals surface area (Å²) in [5, 5.41) is 7.67. The van der Waals surface area contributed by atoms with Gasteiger partial charge in [0.2, 0.25) is 0 Å². The molecule has 2 aromatic heterocycles. The number of amides is 1. The Labute approximate surface area is 179 Å². The van der Waals surface area contributed by atoms with E-state index >= 15 is 0 Å². The summed E-state index contributed by atoms with van der Waals surface area (Å²) in [6.07, 6.45) is 0.123. The first kappa shape index (κ1) is 21.6. The van der Waals surface area contributed by atoms with Gasteiger partial charge in [0.15, 0.2) is 6.04 Å². The number of nitrogens with one attached hydrogen (secondary N) is 1. The van der Waals surface area contributed by atoms with Crippen LogP contribution in [-0.4, -0.2) is 50.9 Å². The maximum Gasteiger partial charge on any atom is 0.410 e. The lowest BCUT2D eigenvalue weighted by Crippen LogP contribution is -2.44. The van der Waals surface area contributed by atoms with Crippen molar-refractivity contribution in [3.05, 3.63) is 41.9 Å². The number of hydrogen-bond donors (Lipinski definition) is 1. The molecule has 1 amide bonds. The van der Waals surface area contributed by atoms with Gasteiger partial charge in [0.25, 0.3) is 5.91 Å². The highest BCUT2D eigenvalue weighted by Crippen LogP contribution is 2.44. The molecule has 0 aromatic carbocycles. The maximum absolute atomic E-state index is 13.8. The van der Waals surface area contributed by atoms with Crippen LogP contribution in [0.4, 0.5) is 19.0 Å². The number of fused-ring (bicyclic) bond motifs is 1. The minimum Gasteiger partial charge on any atom is -0.367 e. The van der Waals surface area contributed by atoms with Crippen molar-refractivity contribution < 1.29 is 18.0 Å². The summed E-state index contributed by atoms with van der Waals surface area (Å²) in [5.74, 6) is 0.416. The van der Waals surface area contributed by atoms with Crippen LogP contribution in [0.15, 0.2) is 30.6 Å². The Morgan fingerprint density at radius 3 is 2.35 bits per heavy atom. The average Bonchev–Trinajstić information content (AvgIpc) is 3.16. The Kier molecular flexibility index (Phi) is 5.47. The molecular formula is C22H28F3N5O. The fourth-order valence-corrected chi connectivity index (χ4v) is 4.42. The van der Waals surface area contributed by atoms with E-state index in [-0.39, 0.29) is 29.7 Å². The van der Waals surface area contributed by atoms with Crippen LogP contribution >= 0.6 is 0 Å². The normalized spacial score (nSPS) is 22.7. The lowest BCUT2D eigenvalue weighted by atomic mass is 9.82. The Hall–Kier alpha value is -2.58. The SMILES string of the molecule is CC(C)(C)[C@@H]1C[C@H](C(F)(F)F)n2nc(C3CCN(C(=O)c4ccncc4)CC3)cc2N1. The van der Waals surface area contributed by atoms with E-state index in [1.54, 1.807) is 35.5 Å². The molecule has 0 aliphatic carbocycles. The van der Waals surface area contributed by atoms with E-state index in [9.17, 15) is 18.0 Å². The molecule has 2 aliphatic heterocycles. The van der Waals surface area contributed by atoms with Crippen molar-refractivity contribution in [2.45, 2.75) is 64.2 Å². The van der Waals surface area contributed by atoms with Gasteiger partial charge < -0.3 is 10.2 Å². The highest BCUT2D eigenvalue weighted by Gasteiger charge is 2.48. The first-order chi connectivity index (χ1) is 14.5. The summed E-state index contributed by atoms with van der Waals surface area (Å²) < 4.78 is 42.5. The fraction of sp³-hybridized carbons (Fsp3) is 0.591.